The molecule has 0 amide bonds. The fraction of sp³-hybridized carbons (Fsp3) is 0.807. The van der Waals surface area contributed by atoms with E-state index in [1.165, 1.54) is 161 Å². The summed E-state index contributed by atoms with van der Waals surface area (Å²) in [6, 6.07) is 0. The zero-order chi connectivity index (χ0) is 48.3. The zero-order valence-electron chi connectivity index (χ0n) is 43.9. The van der Waals surface area contributed by atoms with Crippen LogP contribution in [0.1, 0.15) is 239 Å². The number of carbonyl (C=O) groups excluding carboxylic acids is 1. The van der Waals surface area contributed by atoms with Crippen LogP contribution in [0.5, 0.6) is 0 Å². The quantitative estimate of drug-likeness (QED) is 0.0197. The number of phosphoric acid groups is 1. The first-order chi connectivity index (χ1) is 32.1. The van der Waals surface area contributed by atoms with Crippen molar-refractivity contribution in [2.24, 2.45) is 0 Å². The molecule has 2 unspecified atom stereocenters. The maximum atomic E-state index is 12.8. The number of hydrogen-bond acceptors (Lipinski definition) is 7. The summed E-state index contributed by atoms with van der Waals surface area (Å²) in [5.41, 5.74) is 0. The number of hydrogen-bond donors (Lipinski definition) is 0. The lowest BCUT2D eigenvalue weighted by molar-refractivity contribution is -0.870. The van der Waals surface area contributed by atoms with Crippen LogP contribution in [-0.2, 0) is 27.9 Å². The average molecular weight is 948 g/mol. The van der Waals surface area contributed by atoms with Gasteiger partial charge in [0.2, 0.25) is 0 Å². The van der Waals surface area contributed by atoms with Gasteiger partial charge in [-0.2, -0.15) is 0 Å². The van der Waals surface area contributed by atoms with Crippen LogP contribution < -0.4 is 4.89 Å². The van der Waals surface area contributed by atoms with Gasteiger partial charge in [0, 0.05) is 13.0 Å². The summed E-state index contributed by atoms with van der Waals surface area (Å²) < 4.78 is 34.8. The van der Waals surface area contributed by atoms with Crippen LogP contribution in [0.15, 0.2) is 60.8 Å². The molecule has 0 aromatic carbocycles. The van der Waals surface area contributed by atoms with E-state index in [0.717, 1.165) is 57.8 Å². The van der Waals surface area contributed by atoms with Crippen molar-refractivity contribution in [1.82, 2.24) is 0 Å². The number of likely N-dealkylation sites (N-methyl/N-ethyl adjacent to an activating group) is 1. The number of ether oxygens (including phenoxy) is 2. The van der Waals surface area contributed by atoms with Gasteiger partial charge in [-0.15, -0.1) is 0 Å². The van der Waals surface area contributed by atoms with Gasteiger partial charge in [-0.1, -0.05) is 216 Å². The first-order valence-corrected chi connectivity index (χ1v) is 29.0. The minimum atomic E-state index is -4.54. The molecule has 0 aromatic rings. The molecule has 66 heavy (non-hydrogen) atoms. The summed E-state index contributed by atoms with van der Waals surface area (Å²) in [4.78, 5) is 25.2. The smallest absolute Gasteiger partial charge is 0.306 e. The van der Waals surface area contributed by atoms with Gasteiger partial charge in [-0.3, -0.25) is 9.36 Å². The van der Waals surface area contributed by atoms with Crippen LogP contribution in [0.2, 0.25) is 0 Å². The van der Waals surface area contributed by atoms with Crippen LogP contribution in [0.25, 0.3) is 0 Å². The summed E-state index contributed by atoms with van der Waals surface area (Å²) >= 11 is 0. The van der Waals surface area contributed by atoms with Crippen LogP contribution in [-0.4, -0.2) is 70.7 Å². The number of nitrogens with zero attached hydrogens (tertiary/aromatic N) is 1. The van der Waals surface area contributed by atoms with Gasteiger partial charge >= 0.3 is 5.97 Å². The minimum Gasteiger partial charge on any atom is -0.756 e. The fourth-order valence-electron chi connectivity index (χ4n) is 7.59. The molecule has 0 saturated heterocycles. The van der Waals surface area contributed by atoms with E-state index < -0.39 is 13.9 Å². The maximum Gasteiger partial charge on any atom is 0.306 e. The maximum absolute atomic E-state index is 12.8. The summed E-state index contributed by atoms with van der Waals surface area (Å²) in [5.74, 6) is -0.336. The highest BCUT2D eigenvalue weighted by molar-refractivity contribution is 7.45. The van der Waals surface area contributed by atoms with Crippen molar-refractivity contribution in [3.05, 3.63) is 60.8 Å². The van der Waals surface area contributed by atoms with E-state index in [2.05, 4.69) is 74.6 Å². The van der Waals surface area contributed by atoms with Crippen molar-refractivity contribution >= 4 is 13.8 Å². The molecule has 0 N–H and O–H groups in total. The Bertz CT molecular complexity index is 1240. The van der Waals surface area contributed by atoms with E-state index >= 15 is 0 Å². The Morgan fingerprint density at radius 2 is 0.879 bits per heavy atom. The molecule has 0 bridgehead atoms. The Hall–Kier alpha value is -1.80. The second kappa shape index (κ2) is 49.6. The molecule has 386 valence electrons. The summed E-state index contributed by atoms with van der Waals surface area (Å²) in [5, 5.41) is 0. The first kappa shape index (κ1) is 64.2. The topological polar surface area (TPSA) is 94.1 Å². The standard InChI is InChI=1S/C57H106NO7P/c1-6-8-10-12-14-16-18-20-22-24-26-27-28-29-30-31-32-34-36-38-40-42-44-46-48-50-57(59)65-56(55-64-66(60,61)63-53-51-58(3,4)5)54-62-52-49-47-45-43-41-39-37-35-33-25-23-21-19-17-15-13-11-9-7-2/h8,10,14,16,20,22-23,25-27,56H,6-7,9,11-13,15,17-19,21,24,28-55H2,1-5H3/b10-8-,16-14-,22-20-,25-23-,27-26-. The van der Waals surface area contributed by atoms with Crippen molar-refractivity contribution in [1.29, 1.82) is 0 Å². The van der Waals surface area contributed by atoms with Crippen molar-refractivity contribution < 1.29 is 37.3 Å². The van der Waals surface area contributed by atoms with E-state index in [-0.39, 0.29) is 25.8 Å². The van der Waals surface area contributed by atoms with Gasteiger partial charge in [0.25, 0.3) is 7.82 Å². The fourth-order valence-corrected chi connectivity index (χ4v) is 8.32. The van der Waals surface area contributed by atoms with E-state index in [1.54, 1.807) is 0 Å². The highest BCUT2D eigenvalue weighted by atomic mass is 31.2. The number of rotatable bonds is 51. The Labute approximate surface area is 409 Å². The van der Waals surface area contributed by atoms with Crippen molar-refractivity contribution in [3.8, 4) is 0 Å². The van der Waals surface area contributed by atoms with Crippen LogP contribution in [0.3, 0.4) is 0 Å². The lowest BCUT2D eigenvalue weighted by Crippen LogP contribution is -2.37. The summed E-state index contributed by atoms with van der Waals surface area (Å²) in [6.45, 7) is 5.32. The van der Waals surface area contributed by atoms with Crippen molar-refractivity contribution in [2.75, 3.05) is 54.1 Å². The molecule has 0 heterocycles. The van der Waals surface area contributed by atoms with Gasteiger partial charge in [-0.05, 0) is 77.0 Å². The molecule has 0 aliphatic heterocycles. The highest BCUT2D eigenvalue weighted by Gasteiger charge is 2.20. The highest BCUT2D eigenvalue weighted by Crippen LogP contribution is 2.38. The summed E-state index contributed by atoms with van der Waals surface area (Å²) in [6.07, 6.45) is 63.9. The second-order valence-corrected chi connectivity index (χ2v) is 21.0. The average Bonchev–Trinajstić information content (AvgIpc) is 3.28. The summed E-state index contributed by atoms with van der Waals surface area (Å²) in [7, 11) is 1.35. The van der Waals surface area contributed by atoms with Crippen LogP contribution in [0, 0.1) is 0 Å². The lowest BCUT2D eigenvalue weighted by atomic mass is 10.0. The van der Waals surface area contributed by atoms with Crippen molar-refractivity contribution in [3.63, 3.8) is 0 Å². The molecule has 0 aromatic heterocycles. The van der Waals surface area contributed by atoms with Crippen LogP contribution in [0.4, 0.5) is 0 Å². The Morgan fingerprint density at radius 3 is 1.33 bits per heavy atom. The SMILES string of the molecule is CC/C=C\C/C=C\C/C=C\C/C=C\CCCCCCCCCCCCCCC(=O)OC(COCCCCCCCCCC/C=C\CCCCCCCCC)COP(=O)([O-])OCC[N+](C)(C)C. The zero-order valence-corrected chi connectivity index (χ0v) is 44.8. The number of esters is 1. The van der Waals surface area contributed by atoms with Gasteiger partial charge in [0.15, 0.2) is 0 Å². The van der Waals surface area contributed by atoms with Gasteiger partial charge in [0.1, 0.15) is 19.3 Å². The molecular formula is C57H106NO7P. The van der Waals surface area contributed by atoms with E-state index in [1.807, 2.05) is 21.1 Å². The number of unbranched alkanes of at least 4 members (excludes halogenated alkanes) is 27. The van der Waals surface area contributed by atoms with Gasteiger partial charge in [-0.25, -0.2) is 0 Å². The first-order valence-electron chi connectivity index (χ1n) is 27.5. The van der Waals surface area contributed by atoms with E-state index in [4.69, 9.17) is 18.5 Å². The van der Waals surface area contributed by atoms with Crippen LogP contribution >= 0.6 is 7.82 Å². The third kappa shape index (κ3) is 53.2. The molecule has 0 fully saturated rings. The molecule has 0 rings (SSSR count). The molecule has 8 nitrogen and oxygen atoms in total. The molecular weight excluding hydrogens is 842 g/mol. The Balaban J connectivity index is 4.10. The number of phosphoric ester groups is 1. The molecule has 2 atom stereocenters. The Kier molecular flexibility index (Phi) is 48.3. The predicted octanol–water partition coefficient (Wildman–Crippen LogP) is 16.6. The van der Waals surface area contributed by atoms with E-state index in [9.17, 15) is 14.3 Å². The number of carbonyl (C=O) groups is 1. The number of quaternary nitrogens is 1. The Morgan fingerprint density at radius 1 is 0.485 bits per heavy atom. The third-order valence-electron chi connectivity index (χ3n) is 11.8. The third-order valence-corrected chi connectivity index (χ3v) is 12.8. The van der Waals surface area contributed by atoms with Gasteiger partial charge in [0.05, 0.1) is 34.4 Å². The molecule has 0 aliphatic rings. The van der Waals surface area contributed by atoms with Crippen molar-refractivity contribution in [2.45, 2.75) is 245 Å². The molecule has 0 radical (unpaired) electrons. The largest absolute Gasteiger partial charge is 0.756 e. The lowest BCUT2D eigenvalue weighted by Gasteiger charge is -2.28. The normalized spacial score (nSPS) is 14.0. The monoisotopic (exact) mass is 948 g/mol. The molecule has 0 saturated carbocycles. The molecule has 9 heteroatoms. The molecule has 0 aliphatic carbocycles. The number of allylic oxidation sites excluding steroid dienone is 10. The van der Waals surface area contributed by atoms with Gasteiger partial charge < -0.3 is 27.9 Å². The van der Waals surface area contributed by atoms with E-state index in [0.29, 0.717) is 24.1 Å². The predicted molar refractivity (Wildman–Crippen MR) is 282 cm³/mol. The molecule has 0 spiro atoms. The second-order valence-electron chi connectivity index (χ2n) is 19.6. The minimum absolute atomic E-state index is 0.0240.